The van der Waals surface area contributed by atoms with Crippen molar-refractivity contribution in [1.82, 2.24) is 34.8 Å². The Morgan fingerprint density at radius 2 is 2.00 bits per heavy atom. The Kier molecular flexibility index (Phi) is 5.48. The van der Waals surface area contributed by atoms with E-state index in [2.05, 4.69) is 25.4 Å². The molecule has 1 aromatic carbocycles. The van der Waals surface area contributed by atoms with Gasteiger partial charge in [0.15, 0.2) is 11.6 Å². The number of carbonyl (C=O) groups is 1. The number of aromatic nitrogens is 6. The summed E-state index contributed by atoms with van der Waals surface area (Å²) in [7, 11) is 0. The Hall–Kier alpha value is -4.21. The first-order valence-corrected chi connectivity index (χ1v) is 10.9. The third kappa shape index (κ3) is 3.87. The zero-order valence-corrected chi connectivity index (χ0v) is 18.7. The largest absolute Gasteiger partial charge is 0.329 e. The van der Waals surface area contributed by atoms with E-state index in [0.29, 0.717) is 42.4 Å². The summed E-state index contributed by atoms with van der Waals surface area (Å²) in [6.07, 6.45) is 3.78. The van der Waals surface area contributed by atoms with Crippen LogP contribution in [0.3, 0.4) is 0 Å². The van der Waals surface area contributed by atoms with Crippen molar-refractivity contribution >= 4 is 5.91 Å². The van der Waals surface area contributed by atoms with E-state index in [1.54, 1.807) is 36.4 Å². The quantitative estimate of drug-likeness (QED) is 0.502. The van der Waals surface area contributed by atoms with Crippen LogP contribution in [-0.2, 0) is 19.5 Å². The molecule has 9 nitrogen and oxygen atoms in total. The predicted molar refractivity (Wildman–Crippen MR) is 122 cm³/mol. The summed E-state index contributed by atoms with van der Waals surface area (Å²) < 4.78 is 16.6. The highest BCUT2D eigenvalue weighted by molar-refractivity contribution is 5.94. The maximum absolute atomic E-state index is 14.7. The maximum atomic E-state index is 14.7. The average Bonchev–Trinajstić information content (AvgIpc) is 3.29. The Labute approximate surface area is 194 Å². The molecule has 0 atom stereocenters. The molecule has 3 aromatic heterocycles. The summed E-state index contributed by atoms with van der Waals surface area (Å²) in [5.74, 6) is 0.346. The van der Waals surface area contributed by atoms with Gasteiger partial charge in [-0.2, -0.15) is 5.10 Å². The number of benzene rings is 1. The highest BCUT2D eigenvalue weighted by atomic mass is 19.1. The van der Waals surface area contributed by atoms with Crippen LogP contribution in [0.2, 0.25) is 0 Å². The molecule has 5 rings (SSSR count). The molecule has 1 N–H and O–H groups in total. The topological polar surface area (TPSA) is 110 Å². The van der Waals surface area contributed by atoms with E-state index in [1.807, 2.05) is 23.6 Å². The SMILES string of the molecule is Cc1c(Cc2ccc(F)c(C(=O)N3CCn4c(nnc4-c4cccnc4)C3)c2)n[nH]c(=O)c1C. The number of hydrogen-bond donors (Lipinski definition) is 1. The van der Waals surface area contributed by atoms with Crippen molar-refractivity contribution in [2.24, 2.45) is 0 Å². The van der Waals surface area contributed by atoms with E-state index in [1.165, 1.54) is 6.07 Å². The molecule has 34 heavy (non-hydrogen) atoms. The second-order valence-electron chi connectivity index (χ2n) is 8.30. The van der Waals surface area contributed by atoms with Gasteiger partial charge in [0.25, 0.3) is 11.5 Å². The summed E-state index contributed by atoms with van der Waals surface area (Å²) in [6, 6.07) is 8.21. The van der Waals surface area contributed by atoms with Crippen LogP contribution in [0.25, 0.3) is 11.4 Å². The fourth-order valence-electron chi connectivity index (χ4n) is 4.09. The van der Waals surface area contributed by atoms with E-state index in [-0.39, 0.29) is 17.7 Å². The summed E-state index contributed by atoms with van der Waals surface area (Å²) in [5, 5.41) is 15.1. The van der Waals surface area contributed by atoms with Crippen molar-refractivity contribution < 1.29 is 9.18 Å². The fraction of sp³-hybridized carbons (Fsp3) is 0.250. The molecule has 0 bridgehead atoms. The van der Waals surface area contributed by atoms with E-state index in [4.69, 9.17) is 0 Å². The van der Waals surface area contributed by atoms with Gasteiger partial charge in [0.2, 0.25) is 0 Å². The molecular formula is C24H22FN7O2. The molecular weight excluding hydrogens is 437 g/mol. The first-order chi connectivity index (χ1) is 16.4. The molecule has 10 heteroatoms. The number of rotatable bonds is 4. The average molecular weight is 459 g/mol. The number of hydrogen-bond acceptors (Lipinski definition) is 6. The molecule has 4 aromatic rings. The Morgan fingerprint density at radius 3 is 2.79 bits per heavy atom. The van der Waals surface area contributed by atoms with E-state index < -0.39 is 11.7 Å². The van der Waals surface area contributed by atoms with Crippen molar-refractivity contribution in [3.05, 3.63) is 92.7 Å². The van der Waals surface area contributed by atoms with Crippen molar-refractivity contribution in [3.63, 3.8) is 0 Å². The van der Waals surface area contributed by atoms with E-state index in [9.17, 15) is 14.0 Å². The zero-order chi connectivity index (χ0) is 23.8. The highest BCUT2D eigenvalue weighted by Gasteiger charge is 2.27. The lowest BCUT2D eigenvalue weighted by atomic mass is 10.0. The van der Waals surface area contributed by atoms with Crippen LogP contribution in [-0.4, -0.2) is 47.3 Å². The molecule has 1 aliphatic heterocycles. The van der Waals surface area contributed by atoms with Crippen LogP contribution in [0.15, 0.2) is 47.5 Å². The summed E-state index contributed by atoms with van der Waals surface area (Å²) in [5.41, 5.74) is 3.38. The molecule has 0 spiro atoms. The van der Waals surface area contributed by atoms with Gasteiger partial charge in [-0.05, 0) is 49.2 Å². The lowest BCUT2D eigenvalue weighted by Crippen LogP contribution is -2.39. The minimum atomic E-state index is -0.584. The lowest BCUT2D eigenvalue weighted by molar-refractivity contribution is 0.0703. The highest BCUT2D eigenvalue weighted by Crippen LogP contribution is 2.23. The summed E-state index contributed by atoms with van der Waals surface area (Å²) >= 11 is 0. The van der Waals surface area contributed by atoms with Crippen LogP contribution < -0.4 is 5.56 Å². The number of fused-ring (bicyclic) bond motifs is 1. The number of H-pyrrole nitrogens is 1. The van der Waals surface area contributed by atoms with Crippen molar-refractivity contribution in [2.75, 3.05) is 6.54 Å². The normalized spacial score (nSPS) is 13.1. The van der Waals surface area contributed by atoms with Crippen LogP contribution in [0, 0.1) is 19.7 Å². The monoisotopic (exact) mass is 459 g/mol. The van der Waals surface area contributed by atoms with Gasteiger partial charge in [0, 0.05) is 43.0 Å². The van der Waals surface area contributed by atoms with Gasteiger partial charge in [0.05, 0.1) is 17.8 Å². The van der Waals surface area contributed by atoms with Gasteiger partial charge in [-0.25, -0.2) is 9.49 Å². The maximum Gasteiger partial charge on any atom is 0.267 e. The molecule has 0 saturated heterocycles. The second-order valence-corrected chi connectivity index (χ2v) is 8.30. The molecule has 0 radical (unpaired) electrons. The Balaban J connectivity index is 1.38. The predicted octanol–water partition coefficient (Wildman–Crippen LogP) is 2.43. The van der Waals surface area contributed by atoms with Crippen molar-refractivity contribution in [3.8, 4) is 11.4 Å². The molecule has 172 valence electrons. The van der Waals surface area contributed by atoms with Gasteiger partial charge >= 0.3 is 0 Å². The van der Waals surface area contributed by atoms with Gasteiger partial charge in [-0.15, -0.1) is 10.2 Å². The fourth-order valence-corrected chi connectivity index (χ4v) is 4.09. The number of nitrogens with one attached hydrogen (secondary N) is 1. The number of pyridine rings is 1. The smallest absolute Gasteiger partial charge is 0.267 e. The molecule has 0 unspecified atom stereocenters. The number of halogens is 1. The van der Waals surface area contributed by atoms with Crippen LogP contribution in [0.4, 0.5) is 4.39 Å². The third-order valence-corrected chi connectivity index (χ3v) is 6.22. The van der Waals surface area contributed by atoms with E-state index >= 15 is 0 Å². The van der Waals surface area contributed by atoms with Crippen molar-refractivity contribution in [2.45, 2.75) is 33.4 Å². The standard InChI is InChI=1S/C24H22FN7O2/c1-14-15(2)23(33)30-27-20(14)11-16-5-6-19(25)18(10-16)24(34)31-8-9-32-21(13-31)28-29-22(32)17-4-3-7-26-12-17/h3-7,10,12H,8-9,11,13H2,1-2H3,(H,30,33). The second kappa shape index (κ2) is 8.62. The number of aromatic amines is 1. The first kappa shape index (κ1) is 21.6. The van der Waals surface area contributed by atoms with Crippen molar-refractivity contribution in [1.29, 1.82) is 0 Å². The Morgan fingerprint density at radius 1 is 1.15 bits per heavy atom. The summed E-state index contributed by atoms with van der Waals surface area (Å²) in [6.45, 7) is 4.69. The number of nitrogens with zero attached hydrogens (tertiary/aromatic N) is 6. The Bertz CT molecular complexity index is 1450. The van der Waals surface area contributed by atoms with Crippen LogP contribution in [0.5, 0.6) is 0 Å². The van der Waals surface area contributed by atoms with Crippen LogP contribution in [0.1, 0.15) is 38.6 Å². The van der Waals surface area contributed by atoms with Gasteiger partial charge in [-0.3, -0.25) is 14.6 Å². The minimum Gasteiger partial charge on any atom is -0.329 e. The zero-order valence-electron chi connectivity index (χ0n) is 18.7. The number of amides is 1. The van der Waals surface area contributed by atoms with E-state index in [0.717, 1.165) is 16.7 Å². The van der Waals surface area contributed by atoms with Gasteiger partial charge in [0.1, 0.15) is 5.82 Å². The number of carbonyl (C=O) groups excluding carboxylic acids is 1. The molecule has 1 amide bonds. The molecule has 0 saturated carbocycles. The first-order valence-electron chi connectivity index (χ1n) is 10.9. The van der Waals surface area contributed by atoms with Gasteiger partial charge in [-0.1, -0.05) is 6.07 Å². The van der Waals surface area contributed by atoms with Gasteiger partial charge < -0.3 is 9.47 Å². The minimum absolute atomic E-state index is 0.00301. The van der Waals surface area contributed by atoms with Crippen LogP contribution >= 0.6 is 0 Å². The third-order valence-electron chi connectivity index (χ3n) is 6.22. The molecule has 1 aliphatic rings. The summed E-state index contributed by atoms with van der Waals surface area (Å²) in [4.78, 5) is 30.7. The lowest BCUT2D eigenvalue weighted by Gasteiger charge is -2.28. The molecule has 0 fully saturated rings. The molecule has 0 aliphatic carbocycles. The molecule has 4 heterocycles.